The third-order valence-corrected chi connectivity index (χ3v) is 5.61. The molecule has 1 aliphatic heterocycles. The first kappa shape index (κ1) is 20.8. The van der Waals surface area contributed by atoms with Crippen LogP contribution >= 0.6 is 0 Å². The largest absolute Gasteiger partial charge is 0.494 e. The van der Waals surface area contributed by atoms with Crippen LogP contribution in [-0.4, -0.2) is 53.8 Å². The highest BCUT2D eigenvalue weighted by Gasteiger charge is 2.23. The standard InChI is InChI=1S/C25H28N4O2/c1-4-31-21-8-6-20(7-9-21)25(30)29-15-13-28(14-16-29)24-12-11-23(26-27-24)22-10-5-18(2)17-19(22)3/h5-12,17H,4,13-16H2,1-3H3. The van der Waals surface area contributed by atoms with E-state index in [2.05, 4.69) is 47.1 Å². The molecule has 6 nitrogen and oxygen atoms in total. The highest BCUT2D eigenvalue weighted by Crippen LogP contribution is 2.24. The normalized spacial score (nSPS) is 13.9. The van der Waals surface area contributed by atoms with Crippen LogP contribution in [0.15, 0.2) is 54.6 Å². The molecule has 4 rings (SSSR count). The lowest BCUT2D eigenvalue weighted by Gasteiger charge is -2.35. The first-order valence-electron chi connectivity index (χ1n) is 10.7. The van der Waals surface area contributed by atoms with E-state index in [4.69, 9.17) is 4.74 Å². The Balaban J connectivity index is 1.37. The van der Waals surface area contributed by atoms with Crippen molar-refractivity contribution in [2.45, 2.75) is 20.8 Å². The summed E-state index contributed by atoms with van der Waals surface area (Å²) in [6, 6.07) is 17.8. The van der Waals surface area contributed by atoms with Crippen molar-refractivity contribution in [1.29, 1.82) is 0 Å². The van der Waals surface area contributed by atoms with Crippen LogP contribution in [0.1, 0.15) is 28.4 Å². The zero-order valence-electron chi connectivity index (χ0n) is 18.3. The van der Waals surface area contributed by atoms with E-state index < -0.39 is 0 Å². The molecule has 3 aromatic rings. The first-order chi connectivity index (χ1) is 15.0. The lowest BCUT2D eigenvalue weighted by Crippen LogP contribution is -2.49. The topological polar surface area (TPSA) is 58.6 Å². The van der Waals surface area contributed by atoms with Crippen molar-refractivity contribution in [1.82, 2.24) is 15.1 Å². The summed E-state index contributed by atoms with van der Waals surface area (Å²) in [5.41, 5.74) is 5.11. The molecule has 2 aromatic carbocycles. The van der Waals surface area contributed by atoms with Crippen molar-refractivity contribution in [3.63, 3.8) is 0 Å². The fraction of sp³-hybridized carbons (Fsp3) is 0.320. The Morgan fingerprint density at radius 3 is 2.29 bits per heavy atom. The van der Waals surface area contributed by atoms with Crippen LogP contribution < -0.4 is 9.64 Å². The van der Waals surface area contributed by atoms with E-state index in [1.165, 1.54) is 11.1 Å². The molecule has 0 bridgehead atoms. The minimum Gasteiger partial charge on any atom is -0.494 e. The lowest BCUT2D eigenvalue weighted by molar-refractivity contribution is 0.0746. The number of aryl methyl sites for hydroxylation is 2. The van der Waals surface area contributed by atoms with Gasteiger partial charge in [0.2, 0.25) is 0 Å². The van der Waals surface area contributed by atoms with Crippen molar-refractivity contribution in [3.05, 3.63) is 71.3 Å². The molecule has 0 atom stereocenters. The van der Waals surface area contributed by atoms with E-state index in [-0.39, 0.29) is 5.91 Å². The van der Waals surface area contributed by atoms with Gasteiger partial charge in [0.05, 0.1) is 12.3 Å². The monoisotopic (exact) mass is 416 g/mol. The zero-order valence-corrected chi connectivity index (χ0v) is 18.3. The minimum atomic E-state index is 0.0546. The number of amides is 1. The molecule has 2 heterocycles. The maximum atomic E-state index is 12.8. The van der Waals surface area contributed by atoms with Gasteiger partial charge < -0.3 is 14.5 Å². The summed E-state index contributed by atoms with van der Waals surface area (Å²) in [6.45, 7) is 9.54. The van der Waals surface area contributed by atoms with Crippen molar-refractivity contribution in [2.75, 3.05) is 37.7 Å². The van der Waals surface area contributed by atoms with E-state index >= 15 is 0 Å². The highest BCUT2D eigenvalue weighted by atomic mass is 16.5. The van der Waals surface area contributed by atoms with Crippen LogP contribution in [0, 0.1) is 13.8 Å². The third kappa shape index (κ3) is 4.68. The van der Waals surface area contributed by atoms with Crippen molar-refractivity contribution in [3.8, 4) is 17.0 Å². The van der Waals surface area contributed by atoms with Gasteiger partial charge in [0, 0.05) is 37.3 Å². The van der Waals surface area contributed by atoms with Gasteiger partial charge in [-0.25, -0.2) is 0 Å². The smallest absolute Gasteiger partial charge is 0.253 e. The molecule has 1 saturated heterocycles. The average Bonchev–Trinajstić information content (AvgIpc) is 2.80. The zero-order chi connectivity index (χ0) is 21.8. The van der Waals surface area contributed by atoms with Gasteiger partial charge in [-0.1, -0.05) is 23.8 Å². The molecule has 0 saturated carbocycles. The molecule has 1 aromatic heterocycles. The van der Waals surface area contributed by atoms with Crippen LogP contribution in [0.5, 0.6) is 5.75 Å². The van der Waals surface area contributed by atoms with Gasteiger partial charge in [0.1, 0.15) is 5.75 Å². The van der Waals surface area contributed by atoms with E-state index in [1.807, 2.05) is 48.2 Å². The van der Waals surface area contributed by atoms with Crippen LogP contribution in [-0.2, 0) is 0 Å². The number of carbonyl (C=O) groups is 1. The number of nitrogens with zero attached hydrogens (tertiary/aromatic N) is 4. The number of aromatic nitrogens is 2. The molecule has 0 spiro atoms. The average molecular weight is 417 g/mol. The number of ether oxygens (including phenoxy) is 1. The predicted molar refractivity (Wildman–Crippen MR) is 123 cm³/mol. The van der Waals surface area contributed by atoms with Gasteiger partial charge in [-0.2, -0.15) is 0 Å². The Labute approximate surface area is 183 Å². The van der Waals surface area contributed by atoms with Crippen molar-refractivity contribution in [2.24, 2.45) is 0 Å². The van der Waals surface area contributed by atoms with Crippen LogP contribution in [0.2, 0.25) is 0 Å². The van der Waals surface area contributed by atoms with Gasteiger partial charge in [-0.15, -0.1) is 10.2 Å². The Morgan fingerprint density at radius 1 is 0.935 bits per heavy atom. The fourth-order valence-electron chi connectivity index (χ4n) is 3.92. The minimum absolute atomic E-state index is 0.0546. The number of carbonyl (C=O) groups excluding carboxylic acids is 1. The molecule has 160 valence electrons. The second-order valence-corrected chi connectivity index (χ2v) is 7.83. The van der Waals surface area contributed by atoms with Crippen LogP contribution in [0.3, 0.4) is 0 Å². The number of hydrogen-bond donors (Lipinski definition) is 0. The number of piperazine rings is 1. The first-order valence-corrected chi connectivity index (χ1v) is 10.7. The molecule has 0 radical (unpaired) electrons. The summed E-state index contributed by atoms with van der Waals surface area (Å²) in [5, 5.41) is 8.91. The van der Waals surface area contributed by atoms with Crippen molar-refractivity contribution < 1.29 is 9.53 Å². The molecule has 31 heavy (non-hydrogen) atoms. The molecule has 0 unspecified atom stereocenters. The third-order valence-electron chi connectivity index (χ3n) is 5.61. The Bertz CT molecular complexity index is 1040. The van der Waals surface area contributed by atoms with E-state index in [0.717, 1.165) is 35.9 Å². The second kappa shape index (κ2) is 9.16. The summed E-state index contributed by atoms with van der Waals surface area (Å²) in [5.74, 6) is 1.69. The van der Waals surface area contributed by atoms with Gasteiger partial charge >= 0.3 is 0 Å². The molecule has 0 N–H and O–H groups in total. The van der Waals surface area contributed by atoms with E-state index in [0.29, 0.717) is 25.3 Å². The number of hydrogen-bond acceptors (Lipinski definition) is 5. The number of anilines is 1. The maximum absolute atomic E-state index is 12.8. The highest BCUT2D eigenvalue weighted by molar-refractivity contribution is 5.94. The summed E-state index contributed by atoms with van der Waals surface area (Å²) in [4.78, 5) is 16.9. The summed E-state index contributed by atoms with van der Waals surface area (Å²) in [6.07, 6.45) is 0. The van der Waals surface area contributed by atoms with Crippen LogP contribution in [0.25, 0.3) is 11.3 Å². The Hall–Kier alpha value is -3.41. The molecule has 6 heteroatoms. The number of rotatable bonds is 5. The summed E-state index contributed by atoms with van der Waals surface area (Å²) < 4.78 is 5.45. The predicted octanol–water partition coefficient (Wildman–Crippen LogP) is 4.12. The quantitative estimate of drug-likeness (QED) is 0.626. The maximum Gasteiger partial charge on any atom is 0.253 e. The summed E-state index contributed by atoms with van der Waals surface area (Å²) in [7, 11) is 0. The second-order valence-electron chi connectivity index (χ2n) is 7.83. The Kier molecular flexibility index (Phi) is 6.16. The molecule has 1 aliphatic rings. The van der Waals surface area contributed by atoms with Crippen LogP contribution in [0.4, 0.5) is 5.82 Å². The van der Waals surface area contributed by atoms with E-state index in [9.17, 15) is 4.79 Å². The van der Waals surface area contributed by atoms with Gasteiger partial charge in [0.25, 0.3) is 5.91 Å². The van der Waals surface area contributed by atoms with Gasteiger partial charge in [0.15, 0.2) is 5.82 Å². The molecular weight excluding hydrogens is 388 g/mol. The van der Waals surface area contributed by atoms with Crippen molar-refractivity contribution >= 4 is 11.7 Å². The molecule has 0 aliphatic carbocycles. The molecular formula is C25H28N4O2. The van der Waals surface area contributed by atoms with E-state index in [1.54, 1.807) is 0 Å². The SMILES string of the molecule is CCOc1ccc(C(=O)N2CCN(c3ccc(-c4ccc(C)cc4C)nn3)CC2)cc1. The molecule has 1 fully saturated rings. The number of benzene rings is 2. The lowest BCUT2D eigenvalue weighted by atomic mass is 10.0. The summed E-state index contributed by atoms with van der Waals surface area (Å²) >= 11 is 0. The van der Waals surface area contributed by atoms with Gasteiger partial charge in [-0.3, -0.25) is 4.79 Å². The Morgan fingerprint density at radius 2 is 1.68 bits per heavy atom. The fourth-order valence-corrected chi connectivity index (χ4v) is 3.92. The van der Waals surface area contributed by atoms with Gasteiger partial charge in [-0.05, 0) is 62.7 Å². The molecule has 1 amide bonds.